The molecule has 0 saturated heterocycles. The largest absolute Gasteiger partial charge is 0.488 e. The van der Waals surface area contributed by atoms with Gasteiger partial charge in [0, 0.05) is 31.2 Å². The summed E-state index contributed by atoms with van der Waals surface area (Å²) in [5.74, 6) is -0.0219. The van der Waals surface area contributed by atoms with E-state index in [1.54, 1.807) is 37.3 Å². The molecule has 42 heavy (non-hydrogen) atoms. The Morgan fingerprint density at radius 2 is 1.93 bits per heavy atom. The molecular formula is C32H38F3N3O4. The molecule has 3 rings (SSSR count). The summed E-state index contributed by atoms with van der Waals surface area (Å²) in [4.78, 5) is 14.2. The summed E-state index contributed by atoms with van der Waals surface area (Å²) in [6, 6.07) is 12.8. The van der Waals surface area contributed by atoms with Crippen molar-refractivity contribution in [2.45, 2.75) is 52.3 Å². The van der Waals surface area contributed by atoms with Crippen LogP contribution in [0, 0.1) is 11.3 Å². The molecule has 0 spiro atoms. The highest BCUT2D eigenvalue weighted by Crippen LogP contribution is 2.33. The van der Waals surface area contributed by atoms with Crippen LogP contribution in [0.1, 0.15) is 43.9 Å². The van der Waals surface area contributed by atoms with Crippen molar-refractivity contribution in [1.82, 2.24) is 5.32 Å². The fourth-order valence-corrected chi connectivity index (χ4v) is 4.70. The van der Waals surface area contributed by atoms with E-state index in [-0.39, 0.29) is 30.1 Å². The summed E-state index contributed by atoms with van der Waals surface area (Å²) in [5.41, 5.74) is 4.33. The number of alkyl halides is 3. The molecule has 7 nitrogen and oxygen atoms in total. The Labute approximate surface area is 245 Å². The Kier molecular flexibility index (Phi) is 12.3. The zero-order chi connectivity index (χ0) is 30.5. The van der Waals surface area contributed by atoms with Crippen LogP contribution in [-0.2, 0) is 22.4 Å². The lowest BCUT2D eigenvalue weighted by Gasteiger charge is -2.21. The Morgan fingerprint density at radius 3 is 2.62 bits per heavy atom. The third kappa shape index (κ3) is 10.1. The van der Waals surface area contributed by atoms with E-state index in [0.717, 1.165) is 29.8 Å². The Balaban J connectivity index is 1.47. The average Bonchev–Trinajstić information content (AvgIpc) is 3.37. The van der Waals surface area contributed by atoms with Gasteiger partial charge in [0.25, 0.3) is 0 Å². The number of para-hydroxylation sites is 2. The minimum absolute atomic E-state index is 0.0485. The summed E-state index contributed by atoms with van der Waals surface area (Å²) >= 11 is 0. The Hall–Kier alpha value is -3.97. The van der Waals surface area contributed by atoms with Gasteiger partial charge < -0.3 is 24.4 Å². The van der Waals surface area contributed by atoms with Crippen LogP contribution in [0.5, 0.6) is 11.5 Å². The van der Waals surface area contributed by atoms with Crippen molar-refractivity contribution in [2.75, 3.05) is 44.4 Å². The van der Waals surface area contributed by atoms with Crippen molar-refractivity contribution in [2.24, 2.45) is 0 Å². The fraction of sp³-hybridized carbons (Fsp3) is 0.438. The van der Waals surface area contributed by atoms with Crippen LogP contribution in [0.25, 0.3) is 0 Å². The molecule has 0 aliphatic carbocycles. The molecule has 226 valence electrons. The molecule has 1 aliphatic heterocycles. The van der Waals surface area contributed by atoms with Gasteiger partial charge in [-0.3, -0.25) is 0 Å². The van der Waals surface area contributed by atoms with Crippen LogP contribution in [0.4, 0.5) is 18.9 Å². The molecule has 1 heterocycles. The van der Waals surface area contributed by atoms with Crippen LogP contribution in [0.15, 0.2) is 60.2 Å². The predicted octanol–water partition coefficient (Wildman–Crippen LogP) is 5.92. The number of esters is 1. The van der Waals surface area contributed by atoms with Gasteiger partial charge in [-0.15, -0.1) is 0 Å². The van der Waals surface area contributed by atoms with E-state index in [0.29, 0.717) is 43.7 Å². The second-order valence-corrected chi connectivity index (χ2v) is 10.1. The standard InChI is InChI=1S/C32H38F3N3O4/c1-4-5-9-23(2)31(39)41-16-8-14-38-15-12-26-19-25(20-27(21-36)30(26)38)18-24(3)37-13-17-40-28-10-6-7-11-29(28)42-22-32(33,34)35/h4-7,9-11,19-20,24,37H,8,12-18,22H2,1-3H3. The molecule has 0 aromatic heterocycles. The topological polar surface area (TPSA) is 83.8 Å². The Morgan fingerprint density at radius 1 is 1.19 bits per heavy atom. The molecule has 0 saturated carbocycles. The SMILES string of the molecule is CC=CC=C(C)C(=O)OCCCN1CCc2cc(CC(C)NCCOc3ccccc3OCC(F)(F)F)cc(C#N)c21. The highest BCUT2D eigenvalue weighted by Gasteiger charge is 2.29. The molecule has 1 aliphatic rings. The van der Waals surface area contributed by atoms with E-state index in [9.17, 15) is 23.2 Å². The zero-order valence-electron chi connectivity index (χ0n) is 24.3. The van der Waals surface area contributed by atoms with Gasteiger partial charge in [-0.1, -0.05) is 36.4 Å². The van der Waals surface area contributed by atoms with E-state index < -0.39 is 12.8 Å². The highest BCUT2D eigenvalue weighted by atomic mass is 19.4. The first kappa shape index (κ1) is 32.5. The number of carbonyl (C=O) groups excluding carboxylic acids is 1. The molecule has 1 atom stereocenters. The smallest absolute Gasteiger partial charge is 0.422 e. The summed E-state index contributed by atoms with van der Waals surface area (Å²) in [7, 11) is 0. The monoisotopic (exact) mass is 585 g/mol. The number of allylic oxidation sites excluding steroid dienone is 3. The third-order valence-corrected chi connectivity index (χ3v) is 6.64. The number of halogens is 3. The van der Waals surface area contributed by atoms with E-state index in [2.05, 4.69) is 22.4 Å². The van der Waals surface area contributed by atoms with E-state index in [1.165, 1.54) is 6.07 Å². The van der Waals surface area contributed by atoms with Crippen molar-refractivity contribution in [3.63, 3.8) is 0 Å². The number of nitriles is 1. The number of hydrogen-bond donors (Lipinski definition) is 1. The van der Waals surface area contributed by atoms with Crippen LogP contribution < -0.4 is 19.7 Å². The molecule has 2 aromatic rings. The number of carbonyl (C=O) groups is 1. The molecule has 0 amide bonds. The fourth-order valence-electron chi connectivity index (χ4n) is 4.70. The van der Waals surface area contributed by atoms with Gasteiger partial charge in [0.15, 0.2) is 18.1 Å². The molecule has 1 N–H and O–H groups in total. The lowest BCUT2D eigenvalue weighted by atomic mass is 9.99. The number of hydrogen-bond acceptors (Lipinski definition) is 7. The third-order valence-electron chi connectivity index (χ3n) is 6.64. The quantitative estimate of drug-likeness (QED) is 0.120. The van der Waals surface area contributed by atoms with Gasteiger partial charge in [-0.25, -0.2) is 4.79 Å². The number of anilines is 1. The van der Waals surface area contributed by atoms with Gasteiger partial charge in [-0.2, -0.15) is 18.4 Å². The summed E-state index contributed by atoms with van der Waals surface area (Å²) in [5, 5.41) is 13.2. The van der Waals surface area contributed by atoms with E-state index in [1.807, 2.05) is 26.0 Å². The van der Waals surface area contributed by atoms with Crippen LogP contribution in [0.2, 0.25) is 0 Å². The number of benzene rings is 2. The van der Waals surface area contributed by atoms with Crippen LogP contribution in [-0.4, -0.2) is 57.6 Å². The highest BCUT2D eigenvalue weighted by molar-refractivity contribution is 5.88. The molecule has 2 aromatic carbocycles. The normalized spacial score (nSPS) is 14.0. The zero-order valence-corrected chi connectivity index (χ0v) is 24.3. The minimum atomic E-state index is -4.43. The van der Waals surface area contributed by atoms with Crippen LogP contribution >= 0.6 is 0 Å². The van der Waals surface area contributed by atoms with E-state index in [4.69, 9.17) is 14.2 Å². The molecule has 10 heteroatoms. The predicted molar refractivity (Wildman–Crippen MR) is 156 cm³/mol. The maximum absolute atomic E-state index is 12.5. The average molecular weight is 586 g/mol. The number of rotatable bonds is 15. The summed E-state index contributed by atoms with van der Waals surface area (Å²) < 4.78 is 53.4. The van der Waals surface area contributed by atoms with E-state index >= 15 is 0 Å². The first-order valence-electron chi connectivity index (χ1n) is 14.0. The molecule has 1 unspecified atom stereocenters. The summed E-state index contributed by atoms with van der Waals surface area (Å²) in [6.07, 6.45) is 3.14. The number of nitrogens with zero attached hydrogens (tertiary/aromatic N) is 2. The number of nitrogens with one attached hydrogen (secondary N) is 1. The first-order chi connectivity index (χ1) is 20.1. The lowest BCUT2D eigenvalue weighted by molar-refractivity contribution is -0.153. The minimum Gasteiger partial charge on any atom is -0.488 e. The summed E-state index contributed by atoms with van der Waals surface area (Å²) in [6.45, 7) is 6.79. The second-order valence-electron chi connectivity index (χ2n) is 10.1. The second kappa shape index (κ2) is 15.9. The van der Waals surface area contributed by atoms with Crippen LogP contribution in [0.3, 0.4) is 0 Å². The first-order valence-corrected chi connectivity index (χ1v) is 14.0. The molecule has 0 fully saturated rings. The van der Waals surface area contributed by atoms with Crippen molar-refractivity contribution < 1.29 is 32.2 Å². The molecule has 0 radical (unpaired) electrons. The van der Waals surface area contributed by atoms with Crippen molar-refractivity contribution in [3.8, 4) is 17.6 Å². The van der Waals surface area contributed by atoms with Gasteiger partial charge in [0.1, 0.15) is 12.7 Å². The van der Waals surface area contributed by atoms with Gasteiger partial charge in [0.2, 0.25) is 0 Å². The van der Waals surface area contributed by atoms with Gasteiger partial charge in [0.05, 0.1) is 17.9 Å². The Bertz CT molecular complexity index is 1300. The van der Waals surface area contributed by atoms with Crippen molar-refractivity contribution in [3.05, 3.63) is 76.9 Å². The number of ether oxygens (including phenoxy) is 3. The maximum atomic E-state index is 12.5. The number of fused-ring (bicyclic) bond motifs is 1. The van der Waals surface area contributed by atoms with Crippen molar-refractivity contribution >= 4 is 11.7 Å². The molecular weight excluding hydrogens is 547 g/mol. The van der Waals surface area contributed by atoms with Gasteiger partial charge in [-0.05, 0) is 69.4 Å². The van der Waals surface area contributed by atoms with Crippen molar-refractivity contribution in [1.29, 1.82) is 5.26 Å². The lowest BCUT2D eigenvalue weighted by Crippen LogP contribution is -2.32. The van der Waals surface area contributed by atoms with Gasteiger partial charge >= 0.3 is 12.1 Å². The maximum Gasteiger partial charge on any atom is 0.422 e. The molecule has 0 bridgehead atoms.